The van der Waals surface area contributed by atoms with Crippen LogP contribution in [0.1, 0.15) is 34.7 Å². The van der Waals surface area contributed by atoms with Gasteiger partial charge in [-0.3, -0.25) is 9.69 Å². The number of benzene rings is 1. The lowest BCUT2D eigenvalue weighted by molar-refractivity contribution is 0.0873. The highest BCUT2D eigenvalue weighted by Crippen LogP contribution is 2.17. The smallest absolute Gasteiger partial charge is 0.287 e. The Bertz CT molecular complexity index is 691. The number of amides is 1. The molecule has 1 aromatic carbocycles. The van der Waals surface area contributed by atoms with Crippen molar-refractivity contribution in [1.82, 2.24) is 10.2 Å². The van der Waals surface area contributed by atoms with E-state index in [-0.39, 0.29) is 11.9 Å². The minimum atomic E-state index is -0.154. The third kappa shape index (κ3) is 5.08. The van der Waals surface area contributed by atoms with Crippen LogP contribution < -0.4 is 5.32 Å². The molecule has 2 heterocycles. The molecule has 1 N–H and O–H groups in total. The SMILES string of the molecule is COCc1ccc(C(=O)NC2CCN(Cc3ccc(Cl)cc3)CC2)o1. The summed E-state index contributed by atoms with van der Waals surface area (Å²) in [5.74, 6) is 0.847. The Labute approximate surface area is 152 Å². The summed E-state index contributed by atoms with van der Waals surface area (Å²) in [6.07, 6.45) is 1.87. The Balaban J connectivity index is 1.45. The van der Waals surface area contributed by atoms with Gasteiger partial charge < -0.3 is 14.5 Å². The van der Waals surface area contributed by atoms with Gasteiger partial charge in [-0.2, -0.15) is 0 Å². The molecule has 1 saturated heterocycles. The van der Waals surface area contributed by atoms with Crippen LogP contribution in [0.4, 0.5) is 0 Å². The lowest BCUT2D eigenvalue weighted by Gasteiger charge is -2.32. The summed E-state index contributed by atoms with van der Waals surface area (Å²) in [6, 6.07) is 11.6. The highest BCUT2D eigenvalue weighted by Gasteiger charge is 2.22. The van der Waals surface area contributed by atoms with Gasteiger partial charge in [0.15, 0.2) is 5.76 Å². The van der Waals surface area contributed by atoms with Crippen molar-refractivity contribution in [2.75, 3.05) is 20.2 Å². The van der Waals surface area contributed by atoms with Crippen LogP contribution in [0.2, 0.25) is 5.02 Å². The predicted molar refractivity (Wildman–Crippen MR) is 96.6 cm³/mol. The summed E-state index contributed by atoms with van der Waals surface area (Å²) >= 11 is 5.92. The van der Waals surface area contributed by atoms with E-state index >= 15 is 0 Å². The van der Waals surface area contributed by atoms with E-state index in [1.807, 2.05) is 12.1 Å². The Hall–Kier alpha value is -1.82. The van der Waals surface area contributed by atoms with Crippen LogP contribution in [0.3, 0.4) is 0 Å². The van der Waals surface area contributed by atoms with Gasteiger partial charge in [-0.25, -0.2) is 0 Å². The number of piperidine rings is 1. The molecule has 1 amide bonds. The molecule has 0 aliphatic carbocycles. The molecule has 0 saturated carbocycles. The van der Waals surface area contributed by atoms with Gasteiger partial charge in [0, 0.05) is 37.8 Å². The van der Waals surface area contributed by atoms with Gasteiger partial charge in [0.05, 0.1) is 0 Å². The van der Waals surface area contributed by atoms with Crippen molar-refractivity contribution < 1.29 is 13.9 Å². The van der Waals surface area contributed by atoms with Crippen LogP contribution in [0.25, 0.3) is 0 Å². The van der Waals surface area contributed by atoms with Gasteiger partial charge in [-0.15, -0.1) is 0 Å². The quantitative estimate of drug-likeness (QED) is 0.854. The zero-order chi connectivity index (χ0) is 17.6. The minimum Gasteiger partial charge on any atom is -0.453 e. The third-order valence-electron chi connectivity index (χ3n) is 4.41. The zero-order valence-corrected chi connectivity index (χ0v) is 15.1. The van der Waals surface area contributed by atoms with Crippen molar-refractivity contribution in [3.8, 4) is 0 Å². The van der Waals surface area contributed by atoms with Crippen LogP contribution in [0, 0.1) is 0 Å². The molecule has 5 nitrogen and oxygen atoms in total. The maximum absolute atomic E-state index is 12.3. The summed E-state index contributed by atoms with van der Waals surface area (Å²) in [5, 5.41) is 3.83. The number of halogens is 1. The molecule has 0 spiro atoms. The molecular weight excluding hydrogens is 340 g/mol. The maximum atomic E-state index is 12.3. The second kappa shape index (κ2) is 8.52. The molecule has 134 valence electrons. The number of carbonyl (C=O) groups excluding carboxylic acids is 1. The van der Waals surface area contributed by atoms with Crippen LogP contribution in [0.5, 0.6) is 0 Å². The average Bonchev–Trinajstić information content (AvgIpc) is 3.08. The number of carbonyl (C=O) groups is 1. The van der Waals surface area contributed by atoms with E-state index < -0.39 is 0 Å². The monoisotopic (exact) mass is 362 g/mol. The summed E-state index contributed by atoms with van der Waals surface area (Å²) < 4.78 is 10.5. The van der Waals surface area contributed by atoms with Crippen LogP contribution in [0.15, 0.2) is 40.8 Å². The lowest BCUT2D eigenvalue weighted by atomic mass is 10.0. The second-order valence-corrected chi connectivity index (χ2v) is 6.79. The normalized spacial score (nSPS) is 16.1. The van der Waals surface area contributed by atoms with Crippen LogP contribution in [-0.2, 0) is 17.9 Å². The standard InChI is InChI=1S/C19H23ClN2O3/c1-24-13-17-6-7-18(25-17)19(23)21-16-8-10-22(11-9-16)12-14-2-4-15(20)5-3-14/h2-7,16H,8-13H2,1H3,(H,21,23). The maximum Gasteiger partial charge on any atom is 0.287 e. The summed E-state index contributed by atoms with van der Waals surface area (Å²) in [4.78, 5) is 14.7. The van der Waals surface area contributed by atoms with E-state index in [9.17, 15) is 4.79 Å². The first-order valence-corrected chi connectivity index (χ1v) is 8.87. The first-order chi connectivity index (χ1) is 12.1. The number of nitrogens with one attached hydrogen (secondary N) is 1. The molecule has 0 atom stereocenters. The van der Waals surface area contributed by atoms with Gasteiger partial charge >= 0.3 is 0 Å². The molecule has 1 aromatic heterocycles. The predicted octanol–water partition coefficient (Wildman–Crippen LogP) is 3.47. The highest BCUT2D eigenvalue weighted by atomic mass is 35.5. The number of nitrogens with zero attached hydrogens (tertiary/aromatic N) is 1. The molecule has 3 rings (SSSR count). The number of likely N-dealkylation sites (tertiary alicyclic amines) is 1. The molecule has 1 aliphatic heterocycles. The van der Waals surface area contributed by atoms with Gasteiger partial charge in [-0.05, 0) is 42.7 Å². The largest absolute Gasteiger partial charge is 0.453 e. The van der Waals surface area contributed by atoms with Gasteiger partial charge in [0.2, 0.25) is 0 Å². The molecule has 1 fully saturated rings. The Morgan fingerprint density at radius 1 is 1.24 bits per heavy atom. The van der Waals surface area contributed by atoms with E-state index in [1.165, 1.54) is 5.56 Å². The number of furan rings is 1. The molecule has 0 unspecified atom stereocenters. The second-order valence-electron chi connectivity index (χ2n) is 6.35. The molecule has 25 heavy (non-hydrogen) atoms. The minimum absolute atomic E-state index is 0.154. The Morgan fingerprint density at radius 3 is 2.64 bits per heavy atom. The highest BCUT2D eigenvalue weighted by molar-refractivity contribution is 6.30. The molecule has 1 aliphatic rings. The topological polar surface area (TPSA) is 54.7 Å². The van der Waals surface area contributed by atoms with E-state index in [0.717, 1.165) is 37.5 Å². The van der Waals surface area contributed by atoms with Crippen LogP contribution >= 0.6 is 11.6 Å². The Morgan fingerprint density at radius 2 is 1.96 bits per heavy atom. The fourth-order valence-corrected chi connectivity index (χ4v) is 3.19. The fourth-order valence-electron chi connectivity index (χ4n) is 3.06. The van der Waals surface area contributed by atoms with E-state index in [0.29, 0.717) is 18.1 Å². The first-order valence-electron chi connectivity index (χ1n) is 8.49. The zero-order valence-electron chi connectivity index (χ0n) is 14.3. The number of ether oxygens (including phenoxy) is 1. The summed E-state index contributed by atoms with van der Waals surface area (Å²) in [5.41, 5.74) is 1.26. The lowest BCUT2D eigenvalue weighted by Crippen LogP contribution is -2.44. The third-order valence-corrected chi connectivity index (χ3v) is 4.67. The molecule has 2 aromatic rings. The van der Waals surface area contributed by atoms with Crippen molar-refractivity contribution in [2.45, 2.75) is 32.0 Å². The fraction of sp³-hybridized carbons (Fsp3) is 0.421. The van der Waals surface area contributed by atoms with Crippen LogP contribution in [-0.4, -0.2) is 37.0 Å². The summed E-state index contributed by atoms with van der Waals surface area (Å²) in [6.45, 7) is 3.20. The number of methoxy groups -OCH3 is 1. The Kier molecular flexibility index (Phi) is 6.13. The van der Waals surface area contributed by atoms with Crippen molar-refractivity contribution >= 4 is 17.5 Å². The number of hydrogen-bond donors (Lipinski definition) is 1. The van der Waals surface area contributed by atoms with Gasteiger partial charge in [0.25, 0.3) is 5.91 Å². The van der Waals surface area contributed by atoms with E-state index in [4.69, 9.17) is 20.8 Å². The molecular formula is C19H23ClN2O3. The first kappa shape index (κ1) is 18.0. The van der Waals surface area contributed by atoms with Crippen molar-refractivity contribution in [1.29, 1.82) is 0 Å². The molecule has 6 heteroatoms. The average molecular weight is 363 g/mol. The molecule has 0 radical (unpaired) electrons. The number of hydrogen-bond acceptors (Lipinski definition) is 4. The number of rotatable bonds is 6. The molecule has 0 bridgehead atoms. The van der Waals surface area contributed by atoms with Gasteiger partial charge in [-0.1, -0.05) is 23.7 Å². The van der Waals surface area contributed by atoms with Gasteiger partial charge in [0.1, 0.15) is 12.4 Å². The van der Waals surface area contributed by atoms with Crippen molar-refractivity contribution in [3.05, 3.63) is 58.5 Å². The summed E-state index contributed by atoms with van der Waals surface area (Å²) in [7, 11) is 1.60. The van der Waals surface area contributed by atoms with Crippen molar-refractivity contribution in [2.24, 2.45) is 0 Å². The van der Waals surface area contributed by atoms with E-state index in [2.05, 4.69) is 22.3 Å². The van der Waals surface area contributed by atoms with Crippen molar-refractivity contribution in [3.63, 3.8) is 0 Å². The van der Waals surface area contributed by atoms with E-state index in [1.54, 1.807) is 19.2 Å².